The Morgan fingerprint density at radius 1 is 1.03 bits per heavy atom. The van der Waals surface area contributed by atoms with Gasteiger partial charge in [0.05, 0.1) is 5.41 Å². The Morgan fingerprint density at radius 2 is 1.60 bits per heavy atom. The Kier molecular flexibility index (Phi) is 7.40. The largest absolute Gasteiger partial charge is 0.479 e. The summed E-state index contributed by atoms with van der Waals surface area (Å²) in [6, 6.07) is 16.2. The fourth-order valence-corrected chi connectivity index (χ4v) is 4.99. The molecule has 0 spiro atoms. The minimum Gasteiger partial charge on any atom is -0.479 e. The molecule has 4 rings (SSSR count). The summed E-state index contributed by atoms with van der Waals surface area (Å²) in [5.41, 5.74) is 5.98. The Morgan fingerprint density at radius 3 is 2.17 bits per heavy atom. The molecule has 0 saturated heterocycles. The lowest BCUT2D eigenvalue weighted by atomic mass is 9.70. The number of alkyl carbamates (subject to hydrolysis) is 1. The Labute approximate surface area is 205 Å². The number of benzene rings is 2. The number of hydroxylamine groups is 1. The molecule has 1 atom stereocenters. The average Bonchev–Trinajstić information content (AvgIpc) is 3.19. The summed E-state index contributed by atoms with van der Waals surface area (Å²) in [5, 5.41) is 11.8. The van der Waals surface area contributed by atoms with Crippen LogP contribution >= 0.6 is 0 Å². The monoisotopic (exact) mass is 480 g/mol. The zero-order valence-electron chi connectivity index (χ0n) is 20.1. The van der Waals surface area contributed by atoms with Crippen molar-refractivity contribution in [2.75, 3.05) is 13.2 Å². The Hall–Kier alpha value is -3.39. The van der Waals surface area contributed by atoms with Gasteiger partial charge >= 0.3 is 12.1 Å². The molecule has 2 aliphatic rings. The van der Waals surface area contributed by atoms with E-state index in [1.807, 2.05) is 24.3 Å². The van der Waals surface area contributed by atoms with Crippen molar-refractivity contribution < 1.29 is 29.1 Å². The maximum atomic E-state index is 13.0. The first-order chi connectivity index (χ1) is 16.8. The van der Waals surface area contributed by atoms with Gasteiger partial charge in [-0.05, 0) is 60.8 Å². The van der Waals surface area contributed by atoms with E-state index in [1.165, 1.54) is 6.92 Å². The summed E-state index contributed by atoms with van der Waals surface area (Å²) < 4.78 is 5.62. The first-order valence-electron chi connectivity index (χ1n) is 12.1. The molecule has 186 valence electrons. The van der Waals surface area contributed by atoms with Gasteiger partial charge in [-0.3, -0.25) is 9.63 Å². The smallest absolute Gasteiger partial charge is 0.407 e. The summed E-state index contributed by atoms with van der Waals surface area (Å²) in [7, 11) is 0. The summed E-state index contributed by atoms with van der Waals surface area (Å²) in [5.74, 6) is -1.17. The first kappa shape index (κ1) is 24.7. The summed E-state index contributed by atoms with van der Waals surface area (Å²) in [4.78, 5) is 41.7. The van der Waals surface area contributed by atoms with Gasteiger partial charge in [0.1, 0.15) is 6.61 Å². The predicted molar refractivity (Wildman–Crippen MR) is 129 cm³/mol. The summed E-state index contributed by atoms with van der Waals surface area (Å²) >= 11 is 0. The van der Waals surface area contributed by atoms with Gasteiger partial charge in [-0.2, -0.15) is 0 Å². The molecule has 8 heteroatoms. The number of rotatable bonds is 8. The third kappa shape index (κ3) is 5.32. The minimum absolute atomic E-state index is 0.0492. The van der Waals surface area contributed by atoms with Crippen LogP contribution in [0.1, 0.15) is 56.6 Å². The highest BCUT2D eigenvalue weighted by molar-refractivity contribution is 5.83. The molecule has 8 nitrogen and oxygen atoms in total. The van der Waals surface area contributed by atoms with Gasteiger partial charge in [0.2, 0.25) is 0 Å². The van der Waals surface area contributed by atoms with Crippen molar-refractivity contribution in [3.05, 3.63) is 59.7 Å². The first-order valence-corrected chi connectivity index (χ1v) is 12.1. The van der Waals surface area contributed by atoms with Crippen molar-refractivity contribution in [1.29, 1.82) is 0 Å². The van der Waals surface area contributed by atoms with E-state index in [0.717, 1.165) is 35.1 Å². The molecule has 2 aromatic rings. The van der Waals surface area contributed by atoms with Crippen LogP contribution in [-0.2, 0) is 19.2 Å². The number of fused-ring (bicyclic) bond motifs is 3. The number of carbonyl (C=O) groups excluding carboxylic acids is 2. The molecular formula is C27H32N2O6. The van der Waals surface area contributed by atoms with Crippen LogP contribution in [0.4, 0.5) is 4.79 Å². The number of aliphatic carboxylic acids is 1. The second kappa shape index (κ2) is 10.5. The lowest BCUT2D eigenvalue weighted by molar-refractivity contribution is -0.163. The fourth-order valence-electron chi connectivity index (χ4n) is 4.99. The number of hydrogen-bond donors (Lipinski definition) is 3. The normalized spacial score (nSPS) is 21.9. The quantitative estimate of drug-likeness (QED) is 0.487. The van der Waals surface area contributed by atoms with Crippen LogP contribution < -0.4 is 10.8 Å². The maximum absolute atomic E-state index is 13.0. The topological polar surface area (TPSA) is 114 Å². The lowest BCUT2D eigenvalue weighted by Crippen LogP contribution is -2.51. The average molecular weight is 481 g/mol. The molecule has 2 amide bonds. The van der Waals surface area contributed by atoms with Gasteiger partial charge < -0.3 is 15.2 Å². The van der Waals surface area contributed by atoms with Crippen molar-refractivity contribution in [3.63, 3.8) is 0 Å². The molecule has 3 N–H and O–H groups in total. The van der Waals surface area contributed by atoms with Crippen LogP contribution in [0.5, 0.6) is 0 Å². The zero-order valence-corrected chi connectivity index (χ0v) is 20.1. The molecule has 0 radical (unpaired) electrons. The van der Waals surface area contributed by atoms with E-state index in [-0.39, 0.29) is 19.1 Å². The van der Waals surface area contributed by atoms with E-state index >= 15 is 0 Å². The van der Waals surface area contributed by atoms with Crippen molar-refractivity contribution >= 4 is 18.0 Å². The number of hydrogen-bond acceptors (Lipinski definition) is 5. The third-order valence-corrected chi connectivity index (χ3v) is 7.30. The third-order valence-electron chi connectivity index (χ3n) is 7.30. The highest BCUT2D eigenvalue weighted by atomic mass is 16.7. The van der Waals surface area contributed by atoms with Gasteiger partial charge in [0.25, 0.3) is 5.91 Å². The van der Waals surface area contributed by atoms with Crippen molar-refractivity contribution in [3.8, 4) is 11.1 Å². The van der Waals surface area contributed by atoms with E-state index in [1.54, 1.807) is 0 Å². The van der Waals surface area contributed by atoms with Gasteiger partial charge in [0.15, 0.2) is 6.10 Å². The van der Waals surface area contributed by atoms with Gasteiger partial charge in [-0.15, -0.1) is 0 Å². The number of amides is 2. The number of carboxylic acids is 1. The van der Waals surface area contributed by atoms with Crippen LogP contribution in [0, 0.1) is 11.3 Å². The predicted octanol–water partition coefficient (Wildman–Crippen LogP) is 4.24. The molecule has 35 heavy (non-hydrogen) atoms. The van der Waals surface area contributed by atoms with Gasteiger partial charge in [0, 0.05) is 12.5 Å². The Bertz CT molecular complexity index is 1050. The van der Waals surface area contributed by atoms with Gasteiger partial charge in [-0.1, -0.05) is 55.5 Å². The molecule has 2 aromatic carbocycles. The van der Waals surface area contributed by atoms with Gasteiger partial charge in [-0.25, -0.2) is 15.1 Å². The number of carboxylic acid groups (broad SMARTS) is 1. The molecule has 1 fully saturated rings. The SMILES string of the molecule is CC1CCC(CNC(=O)OCC2c3ccccc3-c3ccccc32)(C(=O)NOC(C)C(=O)O)CC1. The van der Waals surface area contributed by atoms with E-state index in [2.05, 4.69) is 42.0 Å². The number of ether oxygens (including phenoxy) is 1. The van der Waals surface area contributed by atoms with Crippen LogP contribution in [0.25, 0.3) is 11.1 Å². The number of nitrogens with one attached hydrogen (secondary N) is 2. The molecule has 1 unspecified atom stereocenters. The van der Waals surface area contributed by atoms with Crippen LogP contribution in [0.2, 0.25) is 0 Å². The Balaban J connectivity index is 1.38. The standard InChI is InChI=1S/C27H32N2O6/c1-17-11-13-27(14-12-17,25(32)29-35-18(2)24(30)31)16-28-26(33)34-15-23-21-9-5-3-7-19(21)20-8-4-6-10-22(20)23/h3-10,17-18,23H,11-16H2,1-2H3,(H,28,33)(H,29,32)(H,30,31). The molecule has 2 aliphatic carbocycles. The molecule has 0 aliphatic heterocycles. The van der Waals surface area contributed by atoms with Crippen LogP contribution in [0.3, 0.4) is 0 Å². The van der Waals surface area contributed by atoms with Crippen LogP contribution in [-0.4, -0.2) is 42.3 Å². The maximum Gasteiger partial charge on any atom is 0.407 e. The second-order valence-electron chi connectivity index (χ2n) is 9.67. The number of carbonyl (C=O) groups is 3. The van der Waals surface area contributed by atoms with Crippen molar-refractivity contribution in [2.45, 2.75) is 51.6 Å². The molecular weight excluding hydrogens is 448 g/mol. The zero-order chi connectivity index (χ0) is 25.0. The van der Waals surface area contributed by atoms with Crippen LogP contribution in [0.15, 0.2) is 48.5 Å². The van der Waals surface area contributed by atoms with E-state index in [4.69, 9.17) is 14.7 Å². The fraction of sp³-hybridized carbons (Fsp3) is 0.444. The second-order valence-corrected chi connectivity index (χ2v) is 9.67. The summed E-state index contributed by atoms with van der Waals surface area (Å²) in [6.07, 6.45) is 1.02. The minimum atomic E-state index is -1.17. The molecule has 1 saturated carbocycles. The van der Waals surface area contributed by atoms with E-state index in [9.17, 15) is 14.4 Å². The highest BCUT2D eigenvalue weighted by Gasteiger charge is 2.42. The molecule has 0 aromatic heterocycles. The van der Waals surface area contributed by atoms with E-state index < -0.39 is 29.5 Å². The molecule has 0 heterocycles. The highest BCUT2D eigenvalue weighted by Crippen LogP contribution is 2.44. The molecule has 0 bridgehead atoms. The van der Waals surface area contributed by atoms with Crippen molar-refractivity contribution in [2.24, 2.45) is 11.3 Å². The summed E-state index contributed by atoms with van der Waals surface area (Å²) in [6.45, 7) is 3.75. The lowest BCUT2D eigenvalue weighted by Gasteiger charge is -2.37. The van der Waals surface area contributed by atoms with E-state index in [0.29, 0.717) is 18.8 Å². The van der Waals surface area contributed by atoms with Crippen molar-refractivity contribution in [1.82, 2.24) is 10.8 Å².